The molecule has 0 bridgehead atoms. The minimum Gasteiger partial charge on any atom is -0.387 e. The van der Waals surface area contributed by atoms with E-state index in [1.165, 1.54) is 5.56 Å². The van der Waals surface area contributed by atoms with E-state index in [-0.39, 0.29) is 12.4 Å². The molecule has 0 radical (unpaired) electrons. The van der Waals surface area contributed by atoms with Crippen molar-refractivity contribution in [3.63, 3.8) is 0 Å². The third-order valence-electron chi connectivity index (χ3n) is 5.66. The van der Waals surface area contributed by atoms with Crippen LogP contribution < -0.4 is 10.0 Å². The van der Waals surface area contributed by atoms with E-state index in [4.69, 9.17) is 0 Å². The molecular weight excluding hydrogens is 496 g/mol. The first kappa shape index (κ1) is 29.5. The fourth-order valence-corrected chi connectivity index (χ4v) is 4.40. The number of hydrogen-bond acceptors (Lipinski definition) is 5. The number of benzene rings is 3. The van der Waals surface area contributed by atoms with Crippen molar-refractivity contribution in [2.24, 2.45) is 5.92 Å². The fraction of sp³-hybridized carbons (Fsp3) is 0.321. The lowest BCUT2D eigenvalue weighted by molar-refractivity contribution is 0.0980. The predicted molar refractivity (Wildman–Crippen MR) is 148 cm³/mol. The van der Waals surface area contributed by atoms with Gasteiger partial charge < -0.3 is 10.4 Å². The molecule has 3 rings (SSSR count). The summed E-state index contributed by atoms with van der Waals surface area (Å²) in [4.78, 5) is 12.5. The first-order valence-electron chi connectivity index (χ1n) is 11.8. The van der Waals surface area contributed by atoms with Gasteiger partial charge in [-0.3, -0.25) is 4.79 Å². The Morgan fingerprint density at radius 1 is 0.944 bits per heavy atom. The van der Waals surface area contributed by atoms with Gasteiger partial charge >= 0.3 is 0 Å². The van der Waals surface area contributed by atoms with E-state index in [9.17, 15) is 18.3 Å². The molecule has 0 aromatic heterocycles. The molecule has 0 fully saturated rings. The number of carbonyl (C=O) groups excluding carboxylic acids is 1. The van der Waals surface area contributed by atoms with Crippen LogP contribution in [-0.2, 0) is 22.9 Å². The summed E-state index contributed by atoms with van der Waals surface area (Å²) >= 11 is 0. The SMILES string of the molecule is CC(C)Cc1cc(-c2ccc(CCNC[C@@H](O)c3ccccc3)cc2)ccc1C(=O)NS(C)(=O)=O.Cl. The zero-order valence-corrected chi connectivity index (χ0v) is 22.5. The Labute approximate surface area is 220 Å². The first-order chi connectivity index (χ1) is 16.6. The van der Waals surface area contributed by atoms with Crippen molar-refractivity contribution in [3.05, 3.63) is 95.1 Å². The van der Waals surface area contributed by atoms with Crippen molar-refractivity contribution >= 4 is 28.3 Å². The van der Waals surface area contributed by atoms with Crippen LogP contribution in [0.2, 0.25) is 0 Å². The summed E-state index contributed by atoms with van der Waals surface area (Å²) in [6.45, 7) is 5.38. The summed E-state index contributed by atoms with van der Waals surface area (Å²) in [5.41, 5.74) is 5.30. The van der Waals surface area contributed by atoms with E-state index in [2.05, 4.69) is 48.2 Å². The summed E-state index contributed by atoms with van der Waals surface area (Å²) in [7, 11) is -3.63. The summed E-state index contributed by atoms with van der Waals surface area (Å²) in [5, 5.41) is 13.6. The summed E-state index contributed by atoms with van der Waals surface area (Å²) in [6, 6.07) is 23.4. The number of hydrogen-bond donors (Lipinski definition) is 3. The number of halogens is 1. The van der Waals surface area contributed by atoms with Gasteiger partial charge in [-0.1, -0.05) is 80.6 Å². The number of nitrogens with one attached hydrogen (secondary N) is 2. The quantitative estimate of drug-likeness (QED) is 0.317. The Kier molecular flexibility index (Phi) is 11.1. The van der Waals surface area contributed by atoms with Crippen molar-refractivity contribution in [2.45, 2.75) is 32.8 Å². The second-order valence-electron chi connectivity index (χ2n) is 9.25. The van der Waals surface area contributed by atoms with E-state index in [0.29, 0.717) is 24.4 Å². The maximum Gasteiger partial charge on any atom is 0.264 e. The summed E-state index contributed by atoms with van der Waals surface area (Å²) in [5.74, 6) is -0.291. The molecule has 1 atom stereocenters. The molecule has 0 heterocycles. The van der Waals surface area contributed by atoms with Gasteiger partial charge in [0.25, 0.3) is 5.91 Å². The largest absolute Gasteiger partial charge is 0.387 e. The van der Waals surface area contributed by atoms with Gasteiger partial charge in [0.05, 0.1) is 12.4 Å². The monoisotopic (exact) mass is 530 g/mol. The average Bonchev–Trinajstić information content (AvgIpc) is 2.81. The molecule has 0 saturated heterocycles. The van der Waals surface area contributed by atoms with E-state index >= 15 is 0 Å². The molecule has 3 aromatic carbocycles. The van der Waals surface area contributed by atoms with Crippen molar-refractivity contribution in [1.82, 2.24) is 10.0 Å². The van der Waals surface area contributed by atoms with Gasteiger partial charge in [0.15, 0.2) is 0 Å². The normalized spacial score (nSPS) is 12.1. The fourth-order valence-electron chi connectivity index (χ4n) is 3.96. The van der Waals surface area contributed by atoms with Crippen molar-refractivity contribution in [1.29, 1.82) is 0 Å². The highest BCUT2D eigenvalue weighted by molar-refractivity contribution is 7.89. The Morgan fingerprint density at radius 3 is 2.19 bits per heavy atom. The lowest BCUT2D eigenvalue weighted by Gasteiger charge is -2.14. The van der Waals surface area contributed by atoms with Crippen LogP contribution in [0.25, 0.3) is 11.1 Å². The molecule has 0 aliphatic rings. The zero-order valence-electron chi connectivity index (χ0n) is 20.9. The molecule has 0 aliphatic heterocycles. The highest BCUT2D eigenvalue weighted by atomic mass is 35.5. The number of aliphatic hydroxyl groups is 1. The molecular formula is C28H35ClN2O4S. The zero-order chi connectivity index (χ0) is 25.4. The van der Waals surface area contributed by atoms with Gasteiger partial charge in [0.2, 0.25) is 10.0 Å². The highest BCUT2D eigenvalue weighted by Gasteiger charge is 2.17. The van der Waals surface area contributed by atoms with Gasteiger partial charge in [-0.2, -0.15) is 0 Å². The van der Waals surface area contributed by atoms with Crippen LogP contribution in [0.15, 0.2) is 72.8 Å². The Morgan fingerprint density at radius 2 is 1.58 bits per heavy atom. The van der Waals surface area contributed by atoms with Crippen LogP contribution in [0, 0.1) is 5.92 Å². The van der Waals surface area contributed by atoms with Gasteiger partial charge in [-0.25, -0.2) is 13.1 Å². The molecule has 194 valence electrons. The van der Waals surface area contributed by atoms with Crippen molar-refractivity contribution < 1.29 is 18.3 Å². The maximum atomic E-state index is 12.5. The molecule has 8 heteroatoms. The van der Waals surface area contributed by atoms with Gasteiger partial charge in [0, 0.05) is 12.1 Å². The van der Waals surface area contributed by atoms with Crippen LogP contribution in [0.1, 0.15) is 47.0 Å². The Hall–Kier alpha value is -2.71. The molecule has 3 aromatic rings. The number of amides is 1. The molecule has 0 aliphatic carbocycles. The number of sulfonamides is 1. The van der Waals surface area contributed by atoms with Gasteiger partial charge in [-0.05, 0) is 59.2 Å². The van der Waals surface area contributed by atoms with Crippen LogP contribution in [0.3, 0.4) is 0 Å². The molecule has 3 N–H and O–H groups in total. The minimum atomic E-state index is -3.63. The predicted octanol–water partition coefficient (Wildman–Crippen LogP) is 4.53. The number of rotatable bonds is 11. The minimum absolute atomic E-state index is 0. The average molecular weight is 531 g/mol. The van der Waals surface area contributed by atoms with Crippen LogP contribution >= 0.6 is 12.4 Å². The summed E-state index contributed by atoms with van der Waals surface area (Å²) < 4.78 is 25.1. The Bertz CT molecular complexity index is 1230. The van der Waals surface area contributed by atoms with Crippen LogP contribution in [0.4, 0.5) is 0 Å². The number of carbonyl (C=O) groups is 1. The molecule has 1 amide bonds. The van der Waals surface area contributed by atoms with E-state index in [0.717, 1.165) is 41.5 Å². The third kappa shape index (κ3) is 9.06. The second kappa shape index (κ2) is 13.6. The molecule has 6 nitrogen and oxygen atoms in total. The standard InChI is InChI=1S/C28H34N2O4S.ClH/c1-20(2)17-25-18-24(13-14-26(25)28(32)30-35(3,33)34)22-11-9-21(10-12-22)15-16-29-19-27(31)23-7-5-4-6-8-23;/h4-14,18,20,27,29,31H,15-17,19H2,1-3H3,(H,30,32);1H/t27-;/m1./s1. The van der Waals surface area contributed by atoms with Gasteiger partial charge in [-0.15, -0.1) is 12.4 Å². The number of aliphatic hydroxyl groups excluding tert-OH is 1. The molecule has 0 spiro atoms. The molecule has 36 heavy (non-hydrogen) atoms. The maximum absolute atomic E-state index is 12.5. The van der Waals surface area contributed by atoms with Gasteiger partial charge in [0.1, 0.15) is 0 Å². The Balaban J connectivity index is 0.00000456. The smallest absolute Gasteiger partial charge is 0.264 e. The van der Waals surface area contributed by atoms with Crippen molar-refractivity contribution in [2.75, 3.05) is 19.3 Å². The lowest BCUT2D eigenvalue weighted by Crippen LogP contribution is -2.30. The third-order valence-corrected chi connectivity index (χ3v) is 6.21. The first-order valence-corrected chi connectivity index (χ1v) is 13.7. The summed E-state index contributed by atoms with van der Waals surface area (Å²) in [6.07, 6.45) is 1.95. The topological polar surface area (TPSA) is 95.5 Å². The van der Waals surface area contributed by atoms with E-state index in [1.807, 2.05) is 42.5 Å². The highest BCUT2D eigenvalue weighted by Crippen LogP contribution is 2.25. The second-order valence-corrected chi connectivity index (χ2v) is 11.0. The molecule has 0 saturated carbocycles. The van der Waals surface area contributed by atoms with E-state index in [1.54, 1.807) is 6.07 Å². The van der Waals surface area contributed by atoms with E-state index < -0.39 is 22.0 Å². The van der Waals surface area contributed by atoms with Crippen LogP contribution in [0.5, 0.6) is 0 Å². The van der Waals surface area contributed by atoms with Crippen LogP contribution in [-0.4, -0.2) is 38.8 Å². The lowest BCUT2D eigenvalue weighted by atomic mass is 9.93. The molecule has 0 unspecified atom stereocenters. The van der Waals surface area contributed by atoms with Crippen molar-refractivity contribution in [3.8, 4) is 11.1 Å².